The zero-order valence-electron chi connectivity index (χ0n) is 15.2. The summed E-state index contributed by atoms with van der Waals surface area (Å²) in [6, 6.07) is 11.8. The molecule has 3 aromatic rings. The number of hydrogen-bond donors (Lipinski definition) is 2. The molecular formula is C17H12ClF3N6O3S. The second-order valence-corrected chi connectivity index (χ2v) is 7.47. The normalized spacial score (nSPS) is 12.4. The number of nitro groups is 1. The molecule has 9 nitrogen and oxygen atoms in total. The Bertz CT molecular complexity index is 1130. The summed E-state index contributed by atoms with van der Waals surface area (Å²) in [5.74, 6) is 3.37. The van der Waals surface area contributed by atoms with E-state index in [0.717, 1.165) is 6.07 Å². The fourth-order valence-corrected chi connectivity index (χ4v) is 3.64. The van der Waals surface area contributed by atoms with E-state index < -0.39 is 33.8 Å². The highest BCUT2D eigenvalue weighted by atomic mass is 35.5. The quantitative estimate of drug-likeness (QED) is 0.239. The van der Waals surface area contributed by atoms with Gasteiger partial charge in [-0.25, -0.2) is 4.68 Å². The fraction of sp³-hybridized carbons (Fsp3) is 0.118. The minimum absolute atomic E-state index is 0.0767. The van der Waals surface area contributed by atoms with Crippen molar-refractivity contribution in [1.82, 2.24) is 14.9 Å². The van der Waals surface area contributed by atoms with Crippen LogP contribution in [0.3, 0.4) is 0 Å². The first-order chi connectivity index (χ1) is 14.6. The lowest BCUT2D eigenvalue weighted by Gasteiger charge is -2.16. The van der Waals surface area contributed by atoms with Gasteiger partial charge in [-0.3, -0.25) is 14.9 Å². The molecule has 0 aliphatic heterocycles. The lowest BCUT2D eigenvalue weighted by atomic mass is 10.1. The van der Waals surface area contributed by atoms with Crippen LogP contribution in [0, 0.1) is 10.1 Å². The molecule has 1 heterocycles. The molecule has 2 aromatic carbocycles. The number of carbonyl (C=O) groups is 1. The topological polar surface area (TPSA) is 129 Å². The summed E-state index contributed by atoms with van der Waals surface area (Å²) in [7, 11) is 0. The molecule has 0 bridgehead atoms. The number of thioether (sulfide) groups is 1. The zero-order chi connectivity index (χ0) is 22.8. The van der Waals surface area contributed by atoms with Gasteiger partial charge in [0.15, 0.2) is 0 Å². The van der Waals surface area contributed by atoms with E-state index in [4.69, 9.17) is 17.4 Å². The van der Waals surface area contributed by atoms with Gasteiger partial charge in [-0.1, -0.05) is 53.7 Å². The molecule has 0 aliphatic rings. The van der Waals surface area contributed by atoms with Crippen molar-refractivity contribution in [1.29, 1.82) is 0 Å². The van der Waals surface area contributed by atoms with E-state index in [1.165, 1.54) is 12.1 Å². The van der Waals surface area contributed by atoms with Gasteiger partial charge in [0.25, 0.3) is 11.5 Å². The van der Waals surface area contributed by atoms with E-state index in [1.54, 1.807) is 30.3 Å². The van der Waals surface area contributed by atoms with Crippen molar-refractivity contribution in [3.63, 3.8) is 0 Å². The number of nitrogen functional groups attached to an aromatic ring is 1. The van der Waals surface area contributed by atoms with Crippen LogP contribution in [0.15, 0.2) is 53.7 Å². The summed E-state index contributed by atoms with van der Waals surface area (Å²) in [6.45, 7) is 0. The number of nitrogens with zero attached hydrogens (tertiary/aromatic N) is 4. The van der Waals surface area contributed by atoms with Crippen LogP contribution in [0.5, 0.6) is 0 Å². The molecule has 0 unspecified atom stereocenters. The number of halogens is 4. The summed E-state index contributed by atoms with van der Waals surface area (Å²) in [5.41, 5.74) is 0.0951. The first-order valence-corrected chi connectivity index (χ1v) is 9.57. The average Bonchev–Trinajstić information content (AvgIpc) is 3.08. The maximum atomic E-state index is 12.9. The number of nitrogens with one attached hydrogen (secondary N) is 1. The number of nitro benzene ring substituents is 1. The van der Waals surface area contributed by atoms with Gasteiger partial charge in [0.2, 0.25) is 11.1 Å². The SMILES string of the molecule is Nn1c(S[C@H](C(=O)Nc2ccc(Cl)c([N+](=O)[O-])c2)c2ccccc2)nnc1C(F)(F)F. The Morgan fingerprint density at radius 3 is 2.48 bits per heavy atom. The molecule has 0 spiro atoms. The van der Waals surface area contributed by atoms with Crippen molar-refractivity contribution < 1.29 is 22.9 Å². The molecule has 0 aliphatic carbocycles. The number of alkyl halides is 3. The van der Waals surface area contributed by atoms with Crippen LogP contribution in [-0.2, 0) is 11.0 Å². The van der Waals surface area contributed by atoms with Crippen LogP contribution in [0.2, 0.25) is 5.02 Å². The number of aromatic nitrogens is 3. The summed E-state index contributed by atoms with van der Waals surface area (Å²) >= 11 is 6.41. The molecular weight excluding hydrogens is 461 g/mol. The minimum Gasteiger partial charge on any atom is -0.335 e. The second-order valence-electron chi connectivity index (χ2n) is 6.00. The third-order valence-corrected chi connectivity index (χ3v) is 5.42. The number of hydrogen-bond acceptors (Lipinski definition) is 7. The second kappa shape index (κ2) is 8.81. The molecule has 0 fully saturated rings. The Hall–Kier alpha value is -3.32. The zero-order valence-corrected chi connectivity index (χ0v) is 16.8. The Morgan fingerprint density at radius 2 is 1.90 bits per heavy atom. The van der Waals surface area contributed by atoms with Crippen molar-refractivity contribution in [2.24, 2.45) is 0 Å². The molecule has 1 atom stereocenters. The van der Waals surface area contributed by atoms with Crippen molar-refractivity contribution >= 4 is 40.6 Å². The maximum absolute atomic E-state index is 12.9. The van der Waals surface area contributed by atoms with Crippen molar-refractivity contribution in [3.8, 4) is 0 Å². The highest BCUT2D eigenvalue weighted by molar-refractivity contribution is 8.00. The van der Waals surface area contributed by atoms with Crippen LogP contribution in [0.4, 0.5) is 24.5 Å². The number of carbonyl (C=O) groups excluding carboxylic acids is 1. The van der Waals surface area contributed by atoms with E-state index >= 15 is 0 Å². The monoisotopic (exact) mass is 472 g/mol. The number of nitrogens with two attached hydrogens (primary N) is 1. The number of amides is 1. The maximum Gasteiger partial charge on any atom is 0.453 e. The van der Waals surface area contributed by atoms with Gasteiger partial charge >= 0.3 is 6.18 Å². The van der Waals surface area contributed by atoms with E-state index in [1.807, 2.05) is 0 Å². The predicted octanol–water partition coefficient (Wildman–Crippen LogP) is 4.04. The molecule has 31 heavy (non-hydrogen) atoms. The molecule has 14 heteroatoms. The van der Waals surface area contributed by atoms with Gasteiger partial charge in [0.05, 0.1) is 4.92 Å². The number of anilines is 1. The summed E-state index contributed by atoms with van der Waals surface area (Å²) < 4.78 is 39.1. The molecule has 1 aromatic heterocycles. The fourth-order valence-electron chi connectivity index (χ4n) is 2.50. The Labute approximate surface area is 181 Å². The van der Waals surface area contributed by atoms with E-state index in [9.17, 15) is 28.1 Å². The summed E-state index contributed by atoms with van der Waals surface area (Å²) in [4.78, 5) is 23.3. The van der Waals surface area contributed by atoms with Crippen LogP contribution in [0.1, 0.15) is 16.6 Å². The van der Waals surface area contributed by atoms with E-state index in [0.29, 0.717) is 17.3 Å². The van der Waals surface area contributed by atoms with Crippen LogP contribution < -0.4 is 11.2 Å². The van der Waals surface area contributed by atoms with Crippen LogP contribution in [-0.4, -0.2) is 25.7 Å². The van der Waals surface area contributed by atoms with Gasteiger partial charge in [-0.15, -0.1) is 10.2 Å². The standard InChI is InChI=1S/C17H12ClF3N6O3S/c18-11-7-6-10(8-12(11)27(29)30)23-14(28)13(9-4-2-1-3-5-9)31-16-25-24-15(26(16)22)17(19,20)21/h1-8,13H,22H2,(H,23,28)/t13-/m0/s1. The van der Waals surface area contributed by atoms with Crippen molar-refractivity contribution in [2.75, 3.05) is 11.2 Å². The average molecular weight is 473 g/mol. The molecule has 0 saturated carbocycles. The lowest BCUT2D eigenvalue weighted by molar-refractivity contribution is -0.384. The van der Waals surface area contributed by atoms with Gasteiger partial charge in [0.1, 0.15) is 10.3 Å². The molecule has 0 saturated heterocycles. The molecule has 0 radical (unpaired) electrons. The van der Waals surface area contributed by atoms with E-state index in [-0.39, 0.29) is 20.5 Å². The van der Waals surface area contributed by atoms with Gasteiger partial charge < -0.3 is 11.2 Å². The Kier molecular flexibility index (Phi) is 6.36. The number of benzene rings is 2. The van der Waals surface area contributed by atoms with Gasteiger partial charge in [-0.05, 0) is 17.7 Å². The number of rotatable bonds is 6. The first-order valence-electron chi connectivity index (χ1n) is 8.32. The Morgan fingerprint density at radius 1 is 1.23 bits per heavy atom. The Balaban J connectivity index is 1.92. The molecule has 3 rings (SSSR count). The third kappa shape index (κ3) is 5.06. The van der Waals surface area contributed by atoms with Crippen LogP contribution in [0.25, 0.3) is 0 Å². The smallest absolute Gasteiger partial charge is 0.335 e. The van der Waals surface area contributed by atoms with Crippen molar-refractivity contribution in [2.45, 2.75) is 16.6 Å². The van der Waals surface area contributed by atoms with Gasteiger partial charge in [0, 0.05) is 11.8 Å². The predicted molar refractivity (Wildman–Crippen MR) is 107 cm³/mol. The van der Waals surface area contributed by atoms with E-state index in [2.05, 4.69) is 15.5 Å². The van der Waals surface area contributed by atoms with Gasteiger partial charge in [-0.2, -0.15) is 13.2 Å². The minimum atomic E-state index is -4.83. The lowest BCUT2D eigenvalue weighted by Crippen LogP contribution is -2.23. The third-order valence-electron chi connectivity index (χ3n) is 3.89. The highest BCUT2D eigenvalue weighted by Crippen LogP contribution is 2.37. The summed E-state index contributed by atoms with van der Waals surface area (Å²) in [5, 5.41) is 18.5. The van der Waals surface area contributed by atoms with Crippen LogP contribution >= 0.6 is 23.4 Å². The molecule has 162 valence electrons. The highest BCUT2D eigenvalue weighted by Gasteiger charge is 2.39. The largest absolute Gasteiger partial charge is 0.453 e. The first kappa shape index (κ1) is 22.4. The molecule has 3 N–H and O–H groups in total. The van der Waals surface area contributed by atoms with Crippen molar-refractivity contribution in [3.05, 3.63) is 75.1 Å². The molecule has 1 amide bonds. The summed E-state index contributed by atoms with van der Waals surface area (Å²) in [6.07, 6.45) is -4.83.